The van der Waals surface area contributed by atoms with Crippen molar-refractivity contribution in [2.45, 2.75) is 11.8 Å². The lowest BCUT2D eigenvalue weighted by atomic mass is 10.2. The van der Waals surface area contributed by atoms with E-state index in [1.807, 2.05) is 10.3 Å². The molecular weight excluding hydrogens is 374 g/mol. The Balaban J connectivity index is 2.19. The number of nitro groups is 1. The van der Waals surface area contributed by atoms with Crippen LogP contribution in [0.4, 0.5) is 5.69 Å². The summed E-state index contributed by atoms with van der Waals surface area (Å²) in [5.74, 6) is -0.544. The van der Waals surface area contributed by atoms with E-state index in [9.17, 15) is 23.3 Å². The second kappa shape index (κ2) is 8.43. The fourth-order valence-corrected chi connectivity index (χ4v) is 3.06. The molecule has 0 aliphatic carbocycles. The van der Waals surface area contributed by atoms with Crippen molar-refractivity contribution in [3.63, 3.8) is 0 Å². The van der Waals surface area contributed by atoms with E-state index in [2.05, 4.69) is 6.58 Å². The van der Waals surface area contributed by atoms with Crippen LogP contribution in [0.2, 0.25) is 0 Å². The standard InChI is InChI=1S/C17H17N3O6S/c1-12(2)11-26-15-9-5-3-7-13(15)17(21)18-19-27(24,25)16-10-6-4-8-14(16)20(22)23/h3-10,19H,1,11H2,2H3,(H,18,21). The maximum absolute atomic E-state index is 12.3. The molecule has 0 aliphatic heterocycles. The van der Waals surface area contributed by atoms with E-state index in [0.29, 0.717) is 0 Å². The number of benzene rings is 2. The normalized spacial score (nSPS) is 10.9. The summed E-state index contributed by atoms with van der Waals surface area (Å²) in [5.41, 5.74) is 2.25. The van der Waals surface area contributed by atoms with Crippen molar-refractivity contribution < 1.29 is 22.9 Å². The number of rotatable bonds is 8. The third-order valence-electron chi connectivity index (χ3n) is 3.26. The van der Waals surface area contributed by atoms with E-state index in [1.165, 1.54) is 18.2 Å². The molecule has 2 aromatic carbocycles. The third kappa shape index (κ3) is 5.12. The summed E-state index contributed by atoms with van der Waals surface area (Å²) >= 11 is 0. The fourth-order valence-electron chi connectivity index (χ4n) is 2.05. The van der Waals surface area contributed by atoms with Gasteiger partial charge >= 0.3 is 0 Å². The van der Waals surface area contributed by atoms with E-state index < -0.39 is 31.4 Å². The number of nitrogens with one attached hydrogen (secondary N) is 2. The number of nitro benzene ring substituents is 1. The second-order valence-corrected chi connectivity index (χ2v) is 7.18. The van der Waals surface area contributed by atoms with Gasteiger partial charge in [0.25, 0.3) is 21.6 Å². The highest BCUT2D eigenvalue weighted by molar-refractivity contribution is 7.89. The molecule has 142 valence electrons. The molecule has 0 atom stereocenters. The highest BCUT2D eigenvalue weighted by atomic mass is 32.2. The summed E-state index contributed by atoms with van der Waals surface area (Å²) in [4.78, 5) is 23.8. The van der Waals surface area contributed by atoms with E-state index in [-0.39, 0.29) is 17.9 Å². The van der Waals surface area contributed by atoms with Crippen molar-refractivity contribution in [2.24, 2.45) is 0 Å². The lowest BCUT2D eigenvalue weighted by Gasteiger charge is -2.12. The Kier molecular flexibility index (Phi) is 6.27. The van der Waals surface area contributed by atoms with E-state index in [0.717, 1.165) is 17.7 Å². The first-order valence-corrected chi connectivity index (χ1v) is 9.12. The number of ether oxygens (including phenoxy) is 1. The van der Waals surface area contributed by atoms with Crippen LogP contribution < -0.4 is 15.0 Å². The smallest absolute Gasteiger partial charge is 0.289 e. The molecule has 0 fully saturated rings. The number of amides is 1. The van der Waals surface area contributed by atoms with Gasteiger partial charge in [-0.25, -0.2) is 8.42 Å². The van der Waals surface area contributed by atoms with Crippen molar-refractivity contribution in [3.8, 4) is 5.75 Å². The molecule has 0 unspecified atom stereocenters. The van der Waals surface area contributed by atoms with Crippen molar-refractivity contribution >= 4 is 21.6 Å². The van der Waals surface area contributed by atoms with Crippen LogP contribution in [0.25, 0.3) is 0 Å². The van der Waals surface area contributed by atoms with Crippen molar-refractivity contribution in [3.05, 3.63) is 76.4 Å². The average Bonchev–Trinajstić information content (AvgIpc) is 2.64. The molecule has 27 heavy (non-hydrogen) atoms. The molecule has 0 radical (unpaired) electrons. The Bertz CT molecular complexity index is 988. The summed E-state index contributed by atoms with van der Waals surface area (Å²) in [6.45, 7) is 5.64. The van der Waals surface area contributed by atoms with Gasteiger partial charge in [0.2, 0.25) is 0 Å². The number of carbonyl (C=O) groups is 1. The first-order chi connectivity index (χ1) is 12.7. The van der Waals surface area contributed by atoms with Gasteiger partial charge in [0, 0.05) is 6.07 Å². The zero-order valence-corrected chi connectivity index (χ0v) is 15.2. The Morgan fingerprint density at radius 2 is 1.81 bits per heavy atom. The maximum Gasteiger partial charge on any atom is 0.289 e. The molecule has 1 amide bonds. The summed E-state index contributed by atoms with van der Waals surface area (Å²) < 4.78 is 30.1. The van der Waals surface area contributed by atoms with Crippen LogP contribution in [0.5, 0.6) is 5.75 Å². The molecule has 2 aromatic rings. The predicted molar refractivity (Wildman–Crippen MR) is 97.6 cm³/mol. The van der Waals surface area contributed by atoms with Crippen LogP contribution in [0.15, 0.2) is 65.6 Å². The number of sulfonamides is 1. The van der Waals surface area contributed by atoms with Gasteiger partial charge in [-0.3, -0.25) is 20.3 Å². The number of carbonyl (C=O) groups excluding carboxylic acids is 1. The zero-order valence-electron chi connectivity index (χ0n) is 14.3. The molecule has 0 saturated carbocycles. The first kappa shape index (κ1) is 20.1. The Morgan fingerprint density at radius 1 is 1.19 bits per heavy atom. The van der Waals surface area contributed by atoms with Gasteiger partial charge < -0.3 is 4.74 Å². The molecule has 0 aromatic heterocycles. The third-order valence-corrected chi connectivity index (χ3v) is 4.55. The van der Waals surface area contributed by atoms with Crippen LogP contribution in [-0.4, -0.2) is 25.9 Å². The van der Waals surface area contributed by atoms with Crippen LogP contribution in [-0.2, 0) is 10.0 Å². The minimum atomic E-state index is -4.36. The minimum absolute atomic E-state index is 0.0870. The monoisotopic (exact) mass is 391 g/mol. The average molecular weight is 391 g/mol. The van der Waals surface area contributed by atoms with E-state index >= 15 is 0 Å². The molecule has 10 heteroatoms. The molecule has 9 nitrogen and oxygen atoms in total. The predicted octanol–water partition coefficient (Wildman–Crippen LogP) is 2.17. The highest BCUT2D eigenvalue weighted by Gasteiger charge is 2.26. The van der Waals surface area contributed by atoms with Crippen LogP contribution in [0.1, 0.15) is 17.3 Å². The fraction of sp³-hybridized carbons (Fsp3) is 0.118. The molecule has 0 heterocycles. The van der Waals surface area contributed by atoms with Gasteiger partial charge in [-0.2, -0.15) is 0 Å². The number of para-hydroxylation sites is 2. The number of hydrogen-bond acceptors (Lipinski definition) is 6. The zero-order chi connectivity index (χ0) is 20.0. The quantitative estimate of drug-likeness (QED) is 0.403. The summed E-state index contributed by atoms with van der Waals surface area (Å²) in [7, 11) is -4.36. The van der Waals surface area contributed by atoms with E-state index in [1.54, 1.807) is 25.1 Å². The maximum atomic E-state index is 12.3. The minimum Gasteiger partial charge on any atom is -0.488 e. The van der Waals surface area contributed by atoms with Gasteiger partial charge in [-0.05, 0) is 30.7 Å². The van der Waals surface area contributed by atoms with Crippen LogP contribution in [0.3, 0.4) is 0 Å². The van der Waals surface area contributed by atoms with E-state index in [4.69, 9.17) is 4.74 Å². The summed E-state index contributed by atoms with van der Waals surface area (Å²) in [6, 6.07) is 11.0. The van der Waals surface area contributed by atoms with Crippen molar-refractivity contribution in [1.82, 2.24) is 10.3 Å². The highest BCUT2D eigenvalue weighted by Crippen LogP contribution is 2.22. The Morgan fingerprint density at radius 3 is 2.48 bits per heavy atom. The summed E-state index contributed by atoms with van der Waals surface area (Å²) in [5, 5.41) is 11.0. The van der Waals surface area contributed by atoms with Crippen molar-refractivity contribution in [2.75, 3.05) is 6.61 Å². The molecule has 0 spiro atoms. The molecule has 0 aliphatic rings. The van der Waals surface area contributed by atoms with Gasteiger partial charge in [0.15, 0.2) is 4.90 Å². The SMILES string of the molecule is C=C(C)COc1ccccc1C(=O)NNS(=O)(=O)c1ccccc1[N+](=O)[O-]. The molecule has 0 bridgehead atoms. The molecular formula is C17H17N3O6S. The molecule has 2 N–H and O–H groups in total. The Labute approximate surface area is 155 Å². The van der Waals surface area contributed by atoms with Crippen LogP contribution >= 0.6 is 0 Å². The number of nitrogens with zero attached hydrogens (tertiary/aromatic N) is 1. The Hall–Kier alpha value is -3.24. The summed E-state index contributed by atoms with van der Waals surface area (Å²) in [6.07, 6.45) is 0. The van der Waals surface area contributed by atoms with Gasteiger partial charge in [0.1, 0.15) is 12.4 Å². The topological polar surface area (TPSA) is 128 Å². The number of hydrogen-bond donors (Lipinski definition) is 2. The molecule has 0 saturated heterocycles. The second-order valence-electron chi connectivity index (χ2n) is 5.53. The largest absolute Gasteiger partial charge is 0.488 e. The number of hydrazine groups is 1. The van der Waals surface area contributed by atoms with Crippen molar-refractivity contribution in [1.29, 1.82) is 0 Å². The van der Waals surface area contributed by atoms with Gasteiger partial charge in [-0.1, -0.05) is 30.8 Å². The van der Waals surface area contributed by atoms with Crippen LogP contribution in [0, 0.1) is 10.1 Å². The lowest BCUT2D eigenvalue weighted by molar-refractivity contribution is -0.387. The molecule has 2 rings (SSSR count). The first-order valence-electron chi connectivity index (χ1n) is 7.64. The lowest BCUT2D eigenvalue weighted by Crippen LogP contribution is -2.41. The van der Waals surface area contributed by atoms with Gasteiger partial charge in [0.05, 0.1) is 10.5 Å². The van der Waals surface area contributed by atoms with Gasteiger partial charge in [-0.15, -0.1) is 4.83 Å².